The lowest BCUT2D eigenvalue weighted by atomic mass is 10.0. The Bertz CT molecular complexity index is 205. The molecule has 0 spiro atoms. The molecule has 1 amide bonds. The molecule has 0 fully saturated rings. The molecule has 96 valence electrons. The van der Waals surface area contributed by atoms with Crippen LogP contribution in [0.15, 0.2) is 0 Å². The van der Waals surface area contributed by atoms with Crippen molar-refractivity contribution in [3.63, 3.8) is 0 Å². The van der Waals surface area contributed by atoms with E-state index in [-0.39, 0.29) is 11.9 Å². The SMILES string of the molecule is CCC(C)NC(=O)CCNCC(C)(O)CC. The van der Waals surface area contributed by atoms with Gasteiger partial charge in [0, 0.05) is 25.6 Å². The van der Waals surface area contributed by atoms with Gasteiger partial charge in [0.2, 0.25) is 5.91 Å². The van der Waals surface area contributed by atoms with Crippen molar-refractivity contribution in [1.29, 1.82) is 0 Å². The Balaban J connectivity index is 3.56. The largest absolute Gasteiger partial charge is 0.389 e. The van der Waals surface area contributed by atoms with Crippen LogP contribution < -0.4 is 10.6 Å². The Kier molecular flexibility index (Phi) is 7.34. The van der Waals surface area contributed by atoms with Gasteiger partial charge in [0.05, 0.1) is 5.60 Å². The first-order valence-corrected chi connectivity index (χ1v) is 6.13. The van der Waals surface area contributed by atoms with Gasteiger partial charge in [-0.25, -0.2) is 0 Å². The highest BCUT2D eigenvalue weighted by Crippen LogP contribution is 2.05. The number of hydrogen-bond acceptors (Lipinski definition) is 3. The zero-order chi connectivity index (χ0) is 12.6. The molecular weight excluding hydrogens is 204 g/mol. The quantitative estimate of drug-likeness (QED) is 0.546. The molecule has 0 rings (SSSR count). The minimum Gasteiger partial charge on any atom is -0.389 e. The third-order valence-electron chi connectivity index (χ3n) is 2.82. The molecule has 0 aliphatic rings. The van der Waals surface area contributed by atoms with Crippen LogP contribution in [0.5, 0.6) is 0 Å². The molecule has 0 radical (unpaired) electrons. The average Bonchev–Trinajstić information content (AvgIpc) is 2.24. The van der Waals surface area contributed by atoms with Crippen molar-refractivity contribution in [2.45, 2.75) is 58.6 Å². The van der Waals surface area contributed by atoms with E-state index in [4.69, 9.17) is 0 Å². The van der Waals surface area contributed by atoms with E-state index in [1.165, 1.54) is 0 Å². The van der Waals surface area contributed by atoms with Gasteiger partial charge in [0.25, 0.3) is 0 Å². The zero-order valence-electron chi connectivity index (χ0n) is 11.0. The molecule has 0 bridgehead atoms. The van der Waals surface area contributed by atoms with E-state index in [9.17, 15) is 9.90 Å². The van der Waals surface area contributed by atoms with Gasteiger partial charge in [0.15, 0.2) is 0 Å². The topological polar surface area (TPSA) is 61.4 Å². The Morgan fingerprint density at radius 1 is 1.44 bits per heavy atom. The summed E-state index contributed by atoms with van der Waals surface area (Å²) in [5, 5.41) is 15.7. The van der Waals surface area contributed by atoms with Gasteiger partial charge in [-0.05, 0) is 26.7 Å². The van der Waals surface area contributed by atoms with Crippen LogP contribution in [0.1, 0.15) is 47.0 Å². The molecule has 4 heteroatoms. The summed E-state index contributed by atoms with van der Waals surface area (Å²) >= 11 is 0. The molecule has 0 aromatic rings. The van der Waals surface area contributed by atoms with Crippen LogP contribution in [0.2, 0.25) is 0 Å². The molecule has 0 aromatic carbocycles. The first kappa shape index (κ1) is 15.4. The number of carbonyl (C=O) groups excluding carboxylic acids is 1. The maximum atomic E-state index is 11.4. The average molecular weight is 230 g/mol. The summed E-state index contributed by atoms with van der Waals surface area (Å²) in [4.78, 5) is 11.4. The van der Waals surface area contributed by atoms with E-state index in [1.54, 1.807) is 6.92 Å². The van der Waals surface area contributed by atoms with Gasteiger partial charge < -0.3 is 15.7 Å². The highest BCUT2D eigenvalue weighted by Gasteiger charge is 2.16. The third kappa shape index (κ3) is 7.65. The van der Waals surface area contributed by atoms with E-state index < -0.39 is 5.60 Å². The number of hydrogen-bond donors (Lipinski definition) is 3. The van der Waals surface area contributed by atoms with Crippen LogP contribution in [0.4, 0.5) is 0 Å². The summed E-state index contributed by atoms with van der Waals surface area (Å²) < 4.78 is 0. The first-order valence-electron chi connectivity index (χ1n) is 6.13. The van der Waals surface area contributed by atoms with Gasteiger partial charge in [-0.2, -0.15) is 0 Å². The standard InChI is InChI=1S/C12H26N2O2/c1-5-10(3)14-11(15)7-8-13-9-12(4,16)6-2/h10,13,16H,5-9H2,1-4H3,(H,14,15). The van der Waals surface area contributed by atoms with Crippen LogP contribution in [0.3, 0.4) is 0 Å². The molecule has 0 saturated heterocycles. The van der Waals surface area contributed by atoms with Gasteiger partial charge in [-0.3, -0.25) is 4.79 Å². The van der Waals surface area contributed by atoms with Gasteiger partial charge >= 0.3 is 0 Å². The van der Waals surface area contributed by atoms with Crippen molar-refractivity contribution < 1.29 is 9.90 Å². The fourth-order valence-electron chi connectivity index (χ4n) is 1.13. The van der Waals surface area contributed by atoms with Crippen LogP contribution in [0.25, 0.3) is 0 Å². The lowest BCUT2D eigenvalue weighted by Crippen LogP contribution is -2.39. The van der Waals surface area contributed by atoms with Crippen molar-refractivity contribution in [1.82, 2.24) is 10.6 Å². The predicted molar refractivity (Wildman–Crippen MR) is 66.3 cm³/mol. The number of carbonyl (C=O) groups is 1. The lowest BCUT2D eigenvalue weighted by Gasteiger charge is -2.21. The van der Waals surface area contributed by atoms with Crippen LogP contribution >= 0.6 is 0 Å². The Morgan fingerprint density at radius 3 is 2.56 bits per heavy atom. The molecule has 2 unspecified atom stereocenters. The lowest BCUT2D eigenvalue weighted by molar-refractivity contribution is -0.121. The number of nitrogens with one attached hydrogen (secondary N) is 2. The molecule has 0 aromatic heterocycles. The summed E-state index contributed by atoms with van der Waals surface area (Å²) in [6, 6.07) is 0.242. The Morgan fingerprint density at radius 2 is 2.06 bits per heavy atom. The second-order valence-electron chi connectivity index (χ2n) is 4.65. The van der Waals surface area contributed by atoms with Crippen molar-refractivity contribution >= 4 is 5.91 Å². The van der Waals surface area contributed by atoms with Gasteiger partial charge in [0.1, 0.15) is 0 Å². The smallest absolute Gasteiger partial charge is 0.221 e. The molecule has 0 heterocycles. The molecule has 3 N–H and O–H groups in total. The molecule has 0 aliphatic carbocycles. The Hall–Kier alpha value is -0.610. The van der Waals surface area contributed by atoms with Crippen molar-refractivity contribution in [2.24, 2.45) is 0 Å². The van der Waals surface area contributed by atoms with Crippen molar-refractivity contribution in [3.05, 3.63) is 0 Å². The van der Waals surface area contributed by atoms with E-state index in [0.29, 0.717) is 25.9 Å². The fourth-order valence-corrected chi connectivity index (χ4v) is 1.13. The summed E-state index contributed by atoms with van der Waals surface area (Å²) in [6.07, 6.45) is 2.12. The number of aliphatic hydroxyl groups is 1. The number of rotatable bonds is 8. The fraction of sp³-hybridized carbons (Fsp3) is 0.917. The molecule has 4 nitrogen and oxygen atoms in total. The maximum absolute atomic E-state index is 11.4. The Labute approximate surface area is 98.8 Å². The second-order valence-corrected chi connectivity index (χ2v) is 4.65. The summed E-state index contributed by atoms with van der Waals surface area (Å²) in [5.74, 6) is 0.0676. The first-order chi connectivity index (χ1) is 7.41. The van der Waals surface area contributed by atoms with Crippen molar-refractivity contribution in [2.75, 3.05) is 13.1 Å². The molecular formula is C12H26N2O2. The summed E-state index contributed by atoms with van der Waals surface area (Å²) in [7, 11) is 0. The summed E-state index contributed by atoms with van der Waals surface area (Å²) in [6.45, 7) is 8.91. The van der Waals surface area contributed by atoms with E-state index >= 15 is 0 Å². The highest BCUT2D eigenvalue weighted by molar-refractivity contribution is 5.76. The van der Waals surface area contributed by atoms with Gasteiger partial charge in [-0.15, -0.1) is 0 Å². The van der Waals surface area contributed by atoms with E-state index in [2.05, 4.69) is 10.6 Å². The zero-order valence-corrected chi connectivity index (χ0v) is 11.0. The maximum Gasteiger partial charge on any atom is 0.221 e. The molecule has 0 aliphatic heterocycles. The minimum absolute atomic E-state index is 0.0676. The van der Waals surface area contributed by atoms with Crippen molar-refractivity contribution in [3.8, 4) is 0 Å². The number of amides is 1. The monoisotopic (exact) mass is 230 g/mol. The minimum atomic E-state index is -0.673. The van der Waals surface area contributed by atoms with Gasteiger partial charge in [-0.1, -0.05) is 13.8 Å². The van der Waals surface area contributed by atoms with Crippen LogP contribution in [0, 0.1) is 0 Å². The molecule has 16 heavy (non-hydrogen) atoms. The van der Waals surface area contributed by atoms with Crippen LogP contribution in [-0.2, 0) is 4.79 Å². The predicted octanol–water partition coefficient (Wildman–Crippen LogP) is 1.04. The normalized spacial score (nSPS) is 16.6. The second kappa shape index (κ2) is 7.63. The van der Waals surface area contributed by atoms with E-state index in [1.807, 2.05) is 20.8 Å². The molecule has 2 atom stereocenters. The highest BCUT2D eigenvalue weighted by atomic mass is 16.3. The van der Waals surface area contributed by atoms with E-state index in [0.717, 1.165) is 6.42 Å². The van der Waals surface area contributed by atoms with Crippen LogP contribution in [-0.4, -0.2) is 35.7 Å². The summed E-state index contributed by atoms with van der Waals surface area (Å²) in [5.41, 5.74) is -0.673. The third-order valence-corrected chi connectivity index (χ3v) is 2.82. The molecule has 0 saturated carbocycles.